The fraction of sp³-hybridized carbons (Fsp3) is 0.548. The number of aliphatic hydroxyl groups excluding tert-OH is 1. The number of hydrogen-bond acceptors (Lipinski definition) is 5. The number of nitrogens with zero attached hydrogens (tertiary/aromatic N) is 3. The van der Waals surface area contributed by atoms with Crippen molar-refractivity contribution < 1.29 is 9.90 Å². The normalized spacial score (nSPS) is 18.3. The Labute approximate surface area is 229 Å². The summed E-state index contributed by atoms with van der Waals surface area (Å²) in [5.41, 5.74) is 10.1. The summed E-state index contributed by atoms with van der Waals surface area (Å²) in [6.07, 6.45) is 4.28. The van der Waals surface area contributed by atoms with Crippen molar-refractivity contribution >= 4 is 11.7 Å². The fourth-order valence-corrected chi connectivity index (χ4v) is 5.71. The molecule has 0 saturated carbocycles. The highest BCUT2D eigenvalue weighted by atomic mass is 16.3. The van der Waals surface area contributed by atoms with Crippen LogP contribution in [-0.4, -0.2) is 73.8 Å². The predicted molar refractivity (Wildman–Crippen MR) is 157 cm³/mol. The van der Waals surface area contributed by atoms with Crippen LogP contribution in [0.4, 0.5) is 0 Å². The first-order chi connectivity index (χ1) is 18.2. The number of amidine groups is 1. The molecule has 2 aromatic rings. The van der Waals surface area contributed by atoms with Crippen LogP contribution in [0.25, 0.3) is 0 Å². The van der Waals surface area contributed by atoms with Crippen molar-refractivity contribution in [1.29, 1.82) is 0 Å². The Morgan fingerprint density at radius 1 is 1.05 bits per heavy atom. The molecule has 1 aliphatic rings. The monoisotopic (exact) mass is 521 g/mol. The Kier molecular flexibility index (Phi) is 10.5. The van der Waals surface area contributed by atoms with Gasteiger partial charge in [0.05, 0.1) is 5.41 Å². The van der Waals surface area contributed by atoms with Gasteiger partial charge in [0, 0.05) is 39.3 Å². The topological polar surface area (TPSA) is 80.2 Å². The number of fused-ring (bicyclic) bond motifs is 2. The van der Waals surface area contributed by atoms with Gasteiger partial charge in [0.15, 0.2) is 0 Å². The summed E-state index contributed by atoms with van der Waals surface area (Å²) < 4.78 is 0. The number of aliphatic imine (C=N–C) groups is 1. The Morgan fingerprint density at radius 2 is 1.79 bits per heavy atom. The first-order valence-corrected chi connectivity index (χ1v) is 14.0. The van der Waals surface area contributed by atoms with E-state index in [-0.39, 0.29) is 18.7 Å². The molecule has 7 heteroatoms. The summed E-state index contributed by atoms with van der Waals surface area (Å²) in [6, 6.07) is 13.3. The highest BCUT2D eigenvalue weighted by Gasteiger charge is 2.43. The third-order valence-electron chi connectivity index (χ3n) is 7.77. The molecule has 2 aromatic carbocycles. The van der Waals surface area contributed by atoms with Crippen molar-refractivity contribution in [3.63, 3.8) is 0 Å². The molecular formula is C31H47N5O2. The Balaban J connectivity index is 2.34. The molecule has 2 atom stereocenters. The number of rotatable bonds is 10. The minimum atomic E-state index is -0.536. The summed E-state index contributed by atoms with van der Waals surface area (Å²) >= 11 is 0. The third-order valence-corrected chi connectivity index (χ3v) is 7.77. The molecule has 0 fully saturated rings. The molecule has 0 bridgehead atoms. The van der Waals surface area contributed by atoms with Crippen molar-refractivity contribution in [3.05, 3.63) is 69.8 Å². The zero-order valence-electron chi connectivity index (χ0n) is 24.4. The number of benzene rings is 2. The number of carbonyl (C=O) groups is 1. The van der Waals surface area contributed by atoms with E-state index in [2.05, 4.69) is 68.8 Å². The number of amides is 1. The fourth-order valence-electron chi connectivity index (χ4n) is 5.71. The largest absolute Gasteiger partial charge is 0.374 e. The Bertz CT molecular complexity index is 1130. The standard InChI is InChI=1S/C31H47N5O2/c1-8-23-11-12-27-20-31(19-22(4)32-9-2,30(33-21-37)34-36(7)10-3)28-16-15-26(29(38)35(5)6)18-25(28)14-13-24(27)17-23/h11-12,15-18,22,32,37H,8-10,13-14,19-21H2,1-7H3,(H,33,34). The average molecular weight is 522 g/mol. The number of hydrogen-bond donors (Lipinski definition) is 3. The van der Waals surface area contributed by atoms with E-state index in [1.807, 2.05) is 18.1 Å². The highest BCUT2D eigenvalue weighted by molar-refractivity contribution is 5.96. The maximum atomic E-state index is 13.0. The molecule has 208 valence electrons. The maximum absolute atomic E-state index is 13.0. The van der Waals surface area contributed by atoms with Crippen molar-refractivity contribution in [2.75, 3.05) is 41.0 Å². The van der Waals surface area contributed by atoms with Gasteiger partial charge in [-0.1, -0.05) is 45.0 Å². The molecule has 1 amide bonds. The maximum Gasteiger partial charge on any atom is 0.253 e. The molecule has 0 heterocycles. The number of hydrazine groups is 1. The molecule has 0 aliphatic heterocycles. The van der Waals surface area contributed by atoms with Gasteiger partial charge in [-0.3, -0.25) is 4.79 Å². The number of aryl methyl sites for hydroxylation is 3. The molecule has 3 rings (SSSR count). The van der Waals surface area contributed by atoms with Gasteiger partial charge in [0.2, 0.25) is 0 Å². The number of nitrogens with one attached hydrogen (secondary N) is 2. The zero-order chi connectivity index (χ0) is 27.9. The average Bonchev–Trinajstić information content (AvgIpc) is 2.90. The second-order valence-corrected chi connectivity index (χ2v) is 10.7. The Hall–Kier alpha value is -2.74. The van der Waals surface area contributed by atoms with E-state index in [1.54, 1.807) is 19.0 Å². The molecule has 1 aliphatic carbocycles. The van der Waals surface area contributed by atoms with E-state index in [9.17, 15) is 9.90 Å². The second-order valence-electron chi connectivity index (χ2n) is 10.7. The van der Waals surface area contributed by atoms with Gasteiger partial charge >= 0.3 is 0 Å². The van der Waals surface area contributed by atoms with Crippen LogP contribution in [0.1, 0.15) is 72.3 Å². The SMILES string of the molecule is CCNC(C)CC1(/C(=N/CO)NN(C)CC)Cc2ccc(CC)cc2CCc2cc(C(=O)N(C)C)ccc21. The second kappa shape index (κ2) is 13.4. The lowest BCUT2D eigenvalue weighted by Crippen LogP contribution is -2.54. The van der Waals surface area contributed by atoms with Gasteiger partial charge in [-0.2, -0.15) is 0 Å². The van der Waals surface area contributed by atoms with Crippen LogP contribution in [0.5, 0.6) is 0 Å². The van der Waals surface area contributed by atoms with Gasteiger partial charge < -0.3 is 20.7 Å². The molecule has 2 unspecified atom stereocenters. The minimum absolute atomic E-state index is 0.00300. The third kappa shape index (κ3) is 6.63. The quantitative estimate of drug-likeness (QED) is 0.252. The van der Waals surface area contributed by atoms with E-state index in [1.165, 1.54) is 27.8 Å². The van der Waals surface area contributed by atoms with E-state index >= 15 is 0 Å². The molecule has 38 heavy (non-hydrogen) atoms. The van der Waals surface area contributed by atoms with Gasteiger partial charge in [0.1, 0.15) is 12.6 Å². The smallest absolute Gasteiger partial charge is 0.253 e. The van der Waals surface area contributed by atoms with E-state index in [4.69, 9.17) is 4.99 Å². The molecule has 0 spiro atoms. The van der Waals surface area contributed by atoms with Gasteiger partial charge in [-0.05, 0) is 85.5 Å². The van der Waals surface area contributed by atoms with Crippen LogP contribution in [0.2, 0.25) is 0 Å². The highest BCUT2D eigenvalue weighted by Crippen LogP contribution is 2.40. The van der Waals surface area contributed by atoms with Crippen molar-refractivity contribution in [2.24, 2.45) is 4.99 Å². The zero-order valence-corrected chi connectivity index (χ0v) is 24.4. The summed E-state index contributed by atoms with van der Waals surface area (Å²) in [5, 5.41) is 15.7. The Morgan fingerprint density at radius 3 is 2.42 bits per heavy atom. The van der Waals surface area contributed by atoms with Crippen LogP contribution in [0.15, 0.2) is 41.4 Å². The lowest BCUT2D eigenvalue weighted by atomic mass is 9.66. The first-order valence-electron chi connectivity index (χ1n) is 14.0. The molecule has 0 radical (unpaired) electrons. The molecule has 0 aromatic heterocycles. The van der Waals surface area contributed by atoms with E-state index in [0.717, 1.165) is 51.0 Å². The molecule has 7 nitrogen and oxygen atoms in total. The van der Waals surface area contributed by atoms with Crippen molar-refractivity contribution in [1.82, 2.24) is 20.7 Å². The van der Waals surface area contributed by atoms with Crippen LogP contribution in [0, 0.1) is 0 Å². The first kappa shape index (κ1) is 29.8. The number of aliphatic hydroxyl groups is 1. The van der Waals surface area contributed by atoms with Gasteiger partial charge in [-0.15, -0.1) is 0 Å². The summed E-state index contributed by atoms with van der Waals surface area (Å²) in [5.74, 6) is 0.762. The van der Waals surface area contributed by atoms with Crippen LogP contribution in [0.3, 0.4) is 0 Å². The lowest BCUT2D eigenvalue weighted by Gasteiger charge is -2.42. The van der Waals surface area contributed by atoms with E-state index < -0.39 is 5.41 Å². The van der Waals surface area contributed by atoms with Gasteiger partial charge in [0.25, 0.3) is 5.91 Å². The number of carbonyl (C=O) groups excluding carboxylic acids is 1. The van der Waals surface area contributed by atoms with Crippen LogP contribution in [-0.2, 0) is 31.1 Å². The predicted octanol–water partition coefficient (Wildman–Crippen LogP) is 3.72. The molecular weight excluding hydrogens is 474 g/mol. The molecule has 0 saturated heterocycles. The van der Waals surface area contributed by atoms with Gasteiger partial charge in [-0.25, -0.2) is 10.0 Å². The summed E-state index contributed by atoms with van der Waals surface area (Å²) in [4.78, 5) is 19.3. The summed E-state index contributed by atoms with van der Waals surface area (Å²) in [6.45, 7) is 9.97. The van der Waals surface area contributed by atoms with Crippen LogP contribution < -0.4 is 10.7 Å². The van der Waals surface area contributed by atoms with E-state index in [0.29, 0.717) is 5.56 Å². The molecule has 3 N–H and O–H groups in total. The minimum Gasteiger partial charge on any atom is -0.374 e. The van der Waals surface area contributed by atoms with Crippen LogP contribution >= 0.6 is 0 Å². The van der Waals surface area contributed by atoms with Crippen molar-refractivity contribution in [3.8, 4) is 0 Å². The lowest BCUT2D eigenvalue weighted by molar-refractivity contribution is 0.0827. The van der Waals surface area contributed by atoms with Crippen molar-refractivity contribution in [2.45, 2.75) is 71.3 Å². The summed E-state index contributed by atoms with van der Waals surface area (Å²) in [7, 11) is 5.58.